The van der Waals surface area contributed by atoms with Gasteiger partial charge < -0.3 is 10.6 Å². The fourth-order valence-electron chi connectivity index (χ4n) is 1.57. The zero-order valence-corrected chi connectivity index (χ0v) is 12.3. The van der Waals surface area contributed by atoms with Crippen LogP contribution in [0, 0.1) is 5.82 Å². The second kappa shape index (κ2) is 6.49. The fourth-order valence-corrected chi connectivity index (χ4v) is 1.75. The molecular formula is C14H14ClFN4O. The SMILES string of the molecule is CC(C)NC(=O)c1cnc(Nc2ccc(F)c(Cl)c2)cn1. The molecule has 2 N–H and O–H groups in total. The van der Waals surface area contributed by atoms with Gasteiger partial charge in [0.05, 0.1) is 17.4 Å². The minimum atomic E-state index is -0.492. The van der Waals surface area contributed by atoms with E-state index in [1.165, 1.54) is 30.6 Å². The smallest absolute Gasteiger partial charge is 0.271 e. The summed E-state index contributed by atoms with van der Waals surface area (Å²) in [6.07, 6.45) is 2.79. The largest absolute Gasteiger partial charge is 0.348 e. The topological polar surface area (TPSA) is 66.9 Å². The van der Waals surface area contributed by atoms with Crippen LogP contribution in [-0.4, -0.2) is 21.9 Å². The lowest BCUT2D eigenvalue weighted by Gasteiger charge is -2.09. The highest BCUT2D eigenvalue weighted by Gasteiger charge is 2.09. The summed E-state index contributed by atoms with van der Waals surface area (Å²) in [6.45, 7) is 3.72. The molecule has 2 aromatic rings. The number of halogens is 2. The van der Waals surface area contributed by atoms with Crippen molar-refractivity contribution < 1.29 is 9.18 Å². The first-order valence-corrected chi connectivity index (χ1v) is 6.68. The number of amides is 1. The fraction of sp³-hybridized carbons (Fsp3) is 0.214. The summed E-state index contributed by atoms with van der Waals surface area (Å²) in [7, 11) is 0. The number of hydrogen-bond acceptors (Lipinski definition) is 4. The Balaban J connectivity index is 2.08. The van der Waals surface area contributed by atoms with Crippen molar-refractivity contribution in [2.45, 2.75) is 19.9 Å². The Bertz CT molecular complexity index is 646. The molecule has 110 valence electrons. The highest BCUT2D eigenvalue weighted by atomic mass is 35.5. The third-order valence-corrected chi connectivity index (χ3v) is 2.79. The zero-order chi connectivity index (χ0) is 15.4. The lowest BCUT2D eigenvalue weighted by atomic mass is 10.3. The van der Waals surface area contributed by atoms with Gasteiger partial charge in [-0.15, -0.1) is 0 Å². The summed E-state index contributed by atoms with van der Waals surface area (Å²) >= 11 is 5.69. The molecular weight excluding hydrogens is 295 g/mol. The van der Waals surface area contributed by atoms with E-state index in [1.54, 1.807) is 0 Å². The molecule has 0 radical (unpaired) electrons. The van der Waals surface area contributed by atoms with Crippen LogP contribution in [0.3, 0.4) is 0 Å². The highest BCUT2D eigenvalue weighted by molar-refractivity contribution is 6.31. The molecule has 5 nitrogen and oxygen atoms in total. The highest BCUT2D eigenvalue weighted by Crippen LogP contribution is 2.21. The Hall–Kier alpha value is -2.21. The molecule has 2 rings (SSSR count). The molecule has 0 spiro atoms. The Kier molecular flexibility index (Phi) is 4.70. The quantitative estimate of drug-likeness (QED) is 0.910. The number of aromatic nitrogens is 2. The number of anilines is 2. The van der Waals surface area contributed by atoms with Gasteiger partial charge >= 0.3 is 0 Å². The van der Waals surface area contributed by atoms with Gasteiger partial charge in [-0.3, -0.25) is 4.79 Å². The van der Waals surface area contributed by atoms with Crippen molar-refractivity contribution in [3.63, 3.8) is 0 Å². The van der Waals surface area contributed by atoms with Gasteiger partial charge in [-0.2, -0.15) is 0 Å². The Morgan fingerprint density at radius 2 is 2.05 bits per heavy atom. The maximum absolute atomic E-state index is 13.1. The number of nitrogens with zero attached hydrogens (tertiary/aromatic N) is 2. The van der Waals surface area contributed by atoms with Crippen LogP contribution in [-0.2, 0) is 0 Å². The second-order valence-corrected chi connectivity index (χ2v) is 5.08. The molecule has 1 heterocycles. The Morgan fingerprint density at radius 1 is 1.29 bits per heavy atom. The molecule has 0 unspecified atom stereocenters. The standard InChI is InChI=1S/C14H14ClFN4O/c1-8(2)19-14(21)12-6-18-13(7-17-12)20-9-3-4-11(16)10(15)5-9/h3-8H,1-2H3,(H,18,20)(H,19,21). The lowest BCUT2D eigenvalue weighted by Crippen LogP contribution is -2.30. The zero-order valence-electron chi connectivity index (χ0n) is 11.5. The number of hydrogen-bond donors (Lipinski definition) is 2. The van der Waals surface area contributed by atoms with E-state index in [9.17, 15) is 9.18 Å². The van der Waals surface area contributed by atoms with Crippen molar-refractivity contribution in [3.05, 3.63) is 47.1 Å². The van der Waals surface area contributed by atoms with Crippen molar-refractivity contribution in [2.75, 3.05) is 5.32 Å². The molecule has 0 fully saturated rings. The summed E-state index contributed by atoms with van der Waals surface area (Å²) in [6, 6.07) is 4.25. The summed E-state index contributed by atoms with van der Waals surface area (Å²) in [5.74, 6) is -0.346. The van der Waals surface area contributed by atoms with Gasteiger partial charge in [-0.1, -0.05) is 11.6 Å². The lowest BCUT2D eigenvalue weighted by molar-refractivity contribution is 0.0937. The van der Waals surface area contributed by atoms with Gasteiger partial charge in [0.15, 0.2) is 0 Å². The minimum absolute atomic E-state index is 0.0147. The number of carbonyl (C=O) groups excluding carboxylic acids is 1. The van der Waals surface area contributed by atoms with Crippen molar-refractivity contribution >= 4 is 29.0 Å². The first-order chi connectivity index (χ1) is 9.95. The first kappa shape index (κ1) is 15.2. The summed E-state index contributed by atoms with van der Waals surface area (Å²) < 4.78 is 13.1. The van der Waals surface area contributed by atoms with Crippen LogP contribution in [0.25, 0.3) is 0 Å². The van der Waals surface area contributed by atoms with E-state index in [4.69, 9.17) is 11.6 Å². The van der Waals surface area contributed by atoms with Crippen molar-refractivity contribution in [3.8, 4) is 0 Å². The number of benzene rings is 1. The number of nitrogens with one attached hydrogen (secondary N) is 2. The molecule has 0 aliphatic rings. The van der Waals surface area contributed by atoms with E-state index in [0.717, 1.165) is 0 Å². The molecule has 0 saturated heterocycles. The molecule has 0 aliphatic heterocycles. The van der Waals surface area contributed by atoms with E-state index in [1.807, 2.05) is 13.8 Å². The van der Waals surface area contributed by atoms with E-state index in [-0.39, 0.29) is 22.7 Å². The third kappa shape index (κ3) is 4.13. The predicted octanol–water partition coefficient (Wildman–Crippen LogP) is 3.15. The van der Waals surface area contributed by atoms with Gasteiger partial charge in [0.2, 0.25) is 0 Å². The first-order valence-electron chi connectivity index (χ1n) is 6.30. The van der Waals surface area contributed by atoms with Crippen molar-refractivity contribution in [1.29, 1.82) is 0 Å². The maximum Gasteiger partial charge on any atom is 0.271 e. The molecule has 1 amide bonds. The number of rotatable bonds is 4. The molecule has 1 aromatic carbocycles. The van der Waals surface area contributed by atoms with Gasteiger partial charge in [-0.25, -0.2) is 14.4 Å². The Labute approximate surface area is 126 Å². The average molecular weight is 309 g/mol. The maximum atomic E-state index is 13.1. The third-order valence-electron chi connectivity index (χ3n) is 2.50. The molecule has 21 heavy (non-hydrogen) atoms. The van der Waals surface area contributed by atoms with Crippen LogP contribution in [0.15, 0.2) is 30.6 Å². The van der Waals surface area contributed by atoms with Crippen LogP contribution < -0.4 is 10.6 Å². The van der Waals surface area contributed by atoms with Crippen molar-refractivity contribution in [1.82, 2.24) is 15.3 Å². The molecule has 0 aliphatic carbocycles. The van der Waals surface area contributed by atoms with Gasteiger partial charge in [0, 0.05) is 11.7 Å². The van der Waals surface area contributed by atoms with Crippen LogP contribution in [0.5, 0.6) is 0 Å². The van der Waals surface area contributed by atoms with Gasteiger partial charge in [0.1, 0.15) is 17.3 Å². The molecule has 7 heteroatoms. The van der Waals surface area contributed by atoms with E-state index >= 15 is 0 Å². The van der Waals surface area contributed by atoms with Crippen LogP contribution >= 0.6 is 11.6 Å². The summed E-state index contributed by atoms with van der Waals surface area (Å²) in [5.41, 5.74) is 0.807. The van der Waals surface area contributed by atoms with Crippen LogP contribution in [0.2, 0.25) is 5.02 Å². The second-order valence-electron chi connectivity index (χ2n) is 4.67. The molecule has 0 saturated carbocycles. The van der Waals surface area contributed by atoms with Crippen LogP contribution in [0.4, 0.5) is 15.9 Å². The molecule has 0 atom stereocenters. The van der Waals surface area contributed by atoms with Gasteiger partial charge in [0.25, 0.3) is 5.91 Å². The van der Waals surface area contributed by atoms with Gasteiger partial charge in [-0.05, 0) is 32.0 Å². The van der Waals surface area contributed by atoms with E-state index in [0.29, 0.717) is 11.5 Å². The van der Waals surface area contributed by atoms with E-state index < -0.39 is 5.82 Å². The Morgan fingerprint density at radius 3 is 2.62 bits per heavy atom. The molecule has 0 bridgehead atoms. The molecule has 1 aromatic heterocycles. The van der Waals surface area contributed by atoms with E-state index in [2.05, 4.69) is 20.6 Å². The van der Waals surface area contributed by atoms with Crippen molar-refractivity contribution in [2.24, 2.45) is 0 Å². The summed E-state index contributed by atoms with van der Waals surface area (Å²) in [5, 5.41) is 5.66. The average Bonchev–Trinajstić information content (AvgIpc) is 2.43. The monoisotopic (exact) mass is 308 g/mol. The summed E-state index contributed by atoms with van der Waals surface area (Å²) in [4.78, 5) is 19.8. The normalized spacial score (nSPS) is 10.5. The minimum Gasteiger partial charge on any atom is -0.348 e. The predicted molar refractivity (Wildman–Crippen MR) is 79.3 cm³/mol. The number of carbonyl (C=O) groups is 1. The van der Waals surface area contributed by atoms with Crippen LogP contribution in [0.1, 0.15) is 24.3 Å².